The Morgan fingerprint density at radius 1 is 1.04 bits per heavy atom. The molecule has 0 atom stereocenters. The molecule has 0 radical (unpaired) electrons. The maximum absolute atomic E-state index is 12.2. The van der Waals surface area contributed by atoms with Crippen molar-refractivity contribution in [1.29, 1.82) is 0 Å². The Labute approximate surface area is 152 Å². The molecule has 8 heteroatoms. The van der Waals surface area contributed by atoms with E-state index in [0.717, 1.165) is 44.8 Å². The van der Waals surface area contributed by atoms with E-state index >= 15 is 0 Å². The van der Waals surface area contributed by atoms with Crippen LogP contribution in [-0.2, 0) is 11.3 Å². The van der Waals surface area contributed by atoms with Crippen LogP contribution in [0.1, 0.15) is 19.4 Å². The lowest BCUT2D eigenvalue weighted by molar-refractivity contribution is -0.274. The Bertz CT molecular complexity index is 566. The fourth-order valence-electron chi connectivity index (χ4n) is 3.03. The highest BCUT2D eigenvalue weighted by Gasteiger charge is 2.31. The van der Waals surface area contributed by atoms with Crippen molar-refractivity contribution in [3.05, 3.63) is 29.8 Å². The molecule has 0 aromatic heterocycles. The van der Waals surface area contributed by atoms with Gasteiger partial charge in [-0.1, -0.05) is 12.1 Å². The second-order valence-electron chi connectivity index (χ2n) is 6.31. The molecular formula is C18H26F3N3O2. The highest BCUT2D eigenvalue weighted by molar-refractivity contribution is 5.78. The number of carbonyl (C=O) groups excluding carboxylic acids is 1. The van der Waals surface area contributed by atoms with Gasteiger partial charge in [-0.3, -0.25) is 14.6 Å². The smallest absolute Gasteiger partial charge is 0.406 e. The zero-order valence-corrected chi connectivity index (χ0v) is 15.3. The number of ether oxygens (including phenoxy) is 1. The largest absolute Gasteiger partial charge is 0.573 e. The number of hydrogen-bond donors (Lipinski definition) is 0. The number of hydrogen-bond acceptors (Lipinski definition) is 4. The Hall–Kier alpha value is -1.80. The van der Waals surface area contributed by atoms with Gasteiger partial charge in [-0.05, 0) is 31.5 Å². The fraction of sp³-hybridized carbons (Fsp3) is 0.611. The van der Waals surface area contributed by atoms with E-state index in [9.17, 15) is 18.0 Å². The second-order valence-corrected chi connectivity index (χ2v) is 6.31. The van der Waals surface area contributed by atoms with E-state index in [0.29, 0.717) is 13.1 Å². The lowest BCUT2D eigenvalue weighted by Crippen LogP contribution is -2.49. The van der Waals surface area contributed by atoms with E-state index in [1.807, 2.05) is 18.7 Å². The van der Waals surface area contributed by atoms with Crippen LogP contribution in [0.5, 0.6) is 5.75 Å². The molecule has 1 fully saturated rings. The van der Waals surface area contributed by atoms with Gasteiger partial charge in [0.25, 0.3) is 0 Å². The molecule has 26 heavy (non-hydrogen) atoms. The minimum absolute atomic E-state index is 0.156. The molecule has 0 aliphatic carbocycles. The van der Waals surface area contributed by atoms with Crippen molar-refractivity contribution in [2.45, 2.75) is 26.8 Å². The van der Waals surface area contributed by atoms with E-state index in [1.54, 1.807) is 12.1 Å². The summed E-state index contributed by atoms with van der Waals surface area (Å²) in [5, 5.41) is 0. The van der Waals surface area contributed by atoms with Crippen LogP contribution < -0.4 is 4.74 Å². The molecule has 1 heterocycles. The number of piperazine rings is 1. The van der Waals surface area contributed by atoms with Gasteiger partial charge in [0.1, 0.15) is 5.75 Å². The van der Waals surface area contributed by atoms with Gasteiger partial charge in [-0.15, -0.1) is 13.2 Å². The van der Waals surface area contributed by atoms with Gasteiger partial charge < -0.3 is 9.64 Å². The van der Waals surface area contributed by atoms with E-state index in [4.69, 9.17) is 0 Å². The van der Waals surface area contributed by atoms with Crippen LogP contribution in [0.15, 0.2) is 24.3 Å². The van der Waals surface area contributed by atoms with E-state index in [-0.39, 0.29) is 11.7 Å². The summed E-state index contributed by atoms with van der Waals surface area (Å²) >= 11 is 0. The van der Waals surface area contributed by atoms with Crippen molar-refractivity contribution in [2.75, 3.05) is 45.8 Å². The lowest BCUT2D eigenvalue weighted by atomic mass is 10.2. The van der Waals surface area contributed by atoms with E-state index in [1.165, 1.54) is 12.1 Å². The predicted molar refractivity (Wildman–Crippen MR) is 92.8 cm³/mol. The average molecular weight is 373 g/mol. The van der Waals surface area contributed by atoms with Crippen LogP contribution >= 0.6 is 0 Å². The number of amides is 1. The van der Waals surface area contributed by atoms with Crippen LogP contribution in [-0.4, -0.2) is 72.8 Å². The third-order valence-electron chi connectivity index (χ3n) is 4.50. The number of benzene rings is 1. The Morgan fingerprint density at radius 3 is 2.08 bits per heavy atom. The van der Waals surface area contributed by atoms with Crippen LogP contribution in [0.3, 0.4) is 0 Å². The summed E-state index contributed by atoms with van der Waals surface area (Å²) in [6.45, 7) is 9.79. The highest BCUT2D eigenvalue weighted by Crippen LogP contribution is 2.23. The SMILES string of the molecule is CCN(CC)C(=O)CN1CCN(Cc2ccc(OC(F)(F)F)cc2)CC1. The summed E-state index contributed by atoms with van der Waals surface area (Å²) in [4.78, 5) is 18.4. The molecule has 1 aliphatic rings. The summed E-state index contributed by atoms with van der Waals surface area (Å²) < 4.78 is 40.4. The molecule has 0 bridgehead atoms. The van der Waals surface area contributed by atoms with Gasteiger partial charge in [0.05, 0.1) is 6.54 Å². The van der Waals surface area contributed by atoms with Crippen molar-refractivity contribution in [3.8, 4) is 5.75 Å². The monoisotopic (exact) mass is 373 g/mol. The first-order chi connectivity index (χ1) is 12.3. The summed E-state index contributed by atoms with van der Waals surface area (Å²) in [6.07, 6.45) is -4.67. The van der Waals surface area contributed by atoms with Crippen LogP contribution in [0.2, 0.25) is 0 Å². The number of likely N-dealkylation sites (N-methyl/N-ethyl adjacent to an activating group) is 1. The van der Waals surface area contributed by atoms with E-state index < -0.39 is 6.36 Å². The first-order valence-corrected chi connectivity index (χ1v) is 8.88. The molecule has 2 rings (SSSR count). The number of halogens is 3. The van der Waals surface area contributed by atoms with Crippen molar-refractivity contribution in [2.24, 2.45) is 0 Å². The first kappa shape index (κ1) is 20.5. The number of alkyl halides is 3. The van der Waals surface area contributed by atoms with Gasteiger partial charge >= 0.3 is 6.36 Å². The van der Waals surface area contributed by atoms with Crippen molar-refractivity contribution >= 4 is 5.91 Å². The van der Waals surface area contributed by atoms with Gasteiger partial charge in [-0.2, -0.15) is 0 Å². The molecule has 1 aliphatic heterocycles. The molecule has 0 spiro atoms. The van der Waals surface area contributed by atoms with Crippen molar-refractivity contribution in [1.82, 2.24) is 14.7 Å². The molecule has 1 aromatic carbocycles. The standard InChI is InChI=1S/C18H26F3N3O2/c1-3-24(4-2)17(25)14-23-11-9-22(10-12-23)13-15-5-7-16(8-6-15)26-18(19,20)21/h5-8H,3-4,9-14H2,1-2H3. The first-order valence-electron chi connectivity index (χ1n) is 8.88. The quantitative estimate of drug-likeness (QED) is 0.736. The van der Waals surface area contributed by atoms with Crippen LogP contribution in [0.4, 0.5) is 13.2 Å². The van der Waals surface area contributed by atoms with Crippen LogP contribution in [0.25, 0.3) is 0 Å². The molecule has 5 nitrogen and oxygen atoms in total. The molecule has 1 saturated heterocycles. The zero-order chi connectivity index (χ0) is 19.2. The van der Waals surface area contributed by atoms with Crippen molar-refractivity contribution < 1.29 is 22.7 Å². The Morgan fingerprint density at radius 2 is 1.58 bits per heavy atom. The summed E-state index contributed by atoms with van der Waals surface area (Å²) in [5.74, 6) is -0.0512. The second kappa shape index (κ2) is 9.23. The third kappa shape index (κ3) is 6.49. The minimum Gasteiger partial charge on any atom is -0.406 e. The van der Waals surface area contributed by atoms with Crippen LogP contribution in [0, 0.1) is 0 Å². The maximum atomic E-state index is 12.2. The van der Waals surface area contributed by atoms with Gasteiger partial charge in [-0.25, -0.2) is 0 Å². The third-order valence-corrected chi connectivity index (χ3v) is 4.50. The molecule has 1 amide bonds. The number of rotatable bonds is 7. The molecule has 1 aromatic rings. The molecular weight excluding hydrogens is 347 g/mol. The average Bonchev–Trinajstić information content (AvgIpc) is 2.58. The minimum atomic E-state index is -4.67. The number of carbonyl (C=O) groups is 1. The molecule has 146 valence electrons. The molecule has 0 saturated carbocycles. The molecule has 0 unspecified atom stereocenters. The zero-order valence-electron chi connectivity index (χ0n) is 15.3. The Kier molecular flexibility index (Phi) is 7.28. The fourth-order valence-corrected chi connectivity index (χ4v) is 3.03. The topological polar surface area (TPSA) is 36.0 Å². The summed E-state index contributed by atoms with van der Waals surface area (Å²) in [7, 11) is 0. The Balaban J connectivity index is 1.77. The van der Waals surface area contributed by atoms with Gasteiger partial charge in [0.15, 0.2) is 0 Å². The van der Waals surface area contributed by atoms with Crippen molar-refractivity contribution in [3.63, 3.8) is 0 Å². The maximum Gasteiger partial charge on any atom is 0.573 e. The van der Waals surface area contributed by atoms with Gasteiger partial charge in [0, 0.05) is 45.8 Å². The normalized spacial score (nSPS) is 16.5. The van der Waals surface area contributed by atoms with Gasteiger partial charge in [0.2, 0.25) is 5.91 Å². The summed E-state index contributed by atoms with van der Waals surface area (Å²) in [5.41, 5.74) is 0.937. The highest BCUT2D eigenvalue weighted by atomic mass is 19.4. The summed E-state index contributed by atoms with van der Waals surface area (Å²) in [6, 6.07) is 5.97. The molecule has 0 N–H and O–H groups in total. The number of nitrogens with zero attached hydrogens (tertiary/aromatic N) is 3. The lowest BCUT2D eigenvalue weighted by Gasteiger charge is -2.35. The predicted octanol–water partition coefficient (Wildman–Crippen LogP) is 2.57. The van der Waals surface area contributed by atoms with E-state index in [2.05, 4.69) is 14.5 Å².